The van der Waals surface area contributed by atoms with Crippen molar-refractivity contribution in [1.29, 1.82) is 0 Å². The molecule has 12 N–H and O–H groups in total. The zero-order valence-electron chi connectivity index (χ0n) is 75.4. The van der Waals surface area contributed by atoms with Gasteiger partial charge in [0.25, 0.3) is 0 Å². The van der Waals surface area contributed by atoms with Crippen LogP contribution >= 0.6 is 0 Å². The summed E-state index contributed by atoms with van der Waals surface area (Å²) in [7, 11) is 0. The van der Waals surface area contributed by atoms with Crippen LogP contribution in [0.2, 0.25) is 0 Å². The molecular weight excluding hydrogens is 1380 g/mol. The number of aliphatic hydroxyl groups is 12. The summed E-state index contributed by atoms with van der Waals surface area (Å²) >= 11 is 0. The van der Waals surface area contributed by atoms with Crippen LogP contribution in [-0.2, 0) is 38.1 Å². The molecule has 0 aromatic rings. The normalized spacial score (nSPS) is 32.4. The van der Waals surface area contributed by atoms with Gasteiger partial charge in [-0.05, 0) is 172 Å². The summed E-state index contributed by atoms with van der Waals surface area (Å²) in [5.74, 6) is -6.28. The number of Topliss-reactive ketones (excluding diaryl/α,β-unsaturated/α-hetero) is 4. The lowest BCUT2D eigenvalue weighted by molar-refractivity contribution is -0.456. The van der Waals surface area contributed by atoms with Crippen LogP contribution in [0.4, 0.5) is 0 Å². The lowest BCUT2D eigenvalue weighted by atomic mass is 9.82. The molecule has 0 aromatic carbocycles. The number of ether oxygens (including phenoxy) is 4. The number of hydrogen-bond donors (Lipinski definition) is 12. The SMILES string of the molecule is CC(C)(C)C.CC(C)(C)C.CC(C)(C)C.CC(C)(C)C.CC(C)(C)C.CC(C)(C)C.CC(C)(C)C.CC(C)(C)C.O=C1C(O)CCCC1O.O=C1C(O)CCCC1O.O=C1CCCCC1O.O=C1CCCCC1O.OC12CCCCC1OC1(O)CCCCC1O2.OC1CCCC2(O)OC3C(O)CCCC3(O)OC12. The van der Waals surface area contributed by atoms with Crippen molar-refractivity contribution < 1.29 is 99.4 Å². The van der Waals surface area contributed by atoms with Gasteiger partial charge in [0.15, 0.2) is 46.3 Å². The minimum atomic E-state index is -1.60. The van der Waals surface area contributed by atoms with E-state index in [1.165, 1.54) is 0 Å². The number of rotatable bonds is 0. The summed E-state index contributed by atoms with van der Waals surface area (Å²) in [5, 5.41) is 114. The minimum absolute atomic E-state index is 0.0243. The average molecular weight is 1550 g/mol. The highest BCUT2D eigenvalue weighted by molar-refractivity contribution is 5.88. The van der Waals surface area contributed by atoms with E-state index in [9.17, 15) is 49.8 Å². The van der Waals surface area contributed by atoms with Gasteiger partial charge in [-0.15, -0.1) is 0 Å². The van der Waals surface area contributed by atoms with E-state index >= 15 is 0 Å². The van der Waals surface area contributed by atoms with Gasteiger partial charge in [-0.2, -0.15) is 0 Å². The van der Waals surface area contributed by atoms with Crippen molar-refractivity contribution in [1.82, 2.24) is 0 Å². The number of aliphatic hydroxyl groups excluding tert-OH is 8. The molecule has 0 spiro atoms. The molecule has 10 rings (SSSR count). The predicted octanol–water partition coefficient (Wildman–Crippen LogP) is 16.9. The van der Waals surface area contributed by atoms with E-state index in [1.807, 2.05) is 0 Å². The highest BCUT2D eigenvalue weighted by Gasteiger charge is 2.62. The van der Waals surface area contributed by atoms with E-state index in [-0.39, 0.29) is 23.8 Å². The first kappa shape index (κ1) is 112. The predicted molar refractivity (Wildman–Crippen MR) is 438 cm³/mol. The van der Waals surface area contributed by atoms with Gasteiger partial charge in [-0.25, -0.2) is 0 Å². The molecule has 2 heterocycles. The minimum Gasteiger partial charge on any atom is -0.390 e. The highest BCUT2D eigenvalue weighted by atomic mass is 16.8. The Bertz CT molecular complexity index is 2060. The van der Waals surface area contributed by atoms with Crippen molar-refractivity contribution in [2.45, 2.75) is 498 Å². The van der Waals surface area contributed by atoms with Crippen LogP contribution < -0.4 is 0 Å². The zero-order chi connectivity index (χ0) is 85.9. The summed E-state index contributed by atoms with van der Waals surface area (Å²) < 4.78 is 22.6. The van der Waals surface area contributed by atoms with Crippen LogP contribution in [0.5, 0.6) is 0 Å². The van der Waals surface area contributed by atoms with Crippen molar-refractivity contribution in [3.63, 3.8) is 0 Å². The van der Waals surface area contributed by atoms with Gasteiger partial charge in [-0.3, -0.25) is 19.2 Å². The van der Waals surface area contributed by atoms with E-state index in [4.69, 9.17) is 49.6 Å². The molecule has 10 aliphatic rings. The van der Waals surface area contributed by atoms with Gasteiger partial charge in [-0.1, -0.05) is 234 Å². The van der Waals surface area contributed by atoms with Gasteiger partial charge >= 0.3 is 0 Å². The largest absolute Gasteiger partial charge is 0.390 e. The second kappa shape index (κ2) is 50.5. The topological polar surface area (TPSA) is 348 Å². The van der Waals surface area contributed by atoms with Gasteiger partial charge < -0.3 is 80.2 Å². The fourth-order valence-electron chi connectivity index (χ4n) is 10.6. The molecule has 108 heavy (non-hydrogen) atoms. The Kier molecular flexibility index (Phi) is 52.5. The maximum absolute atomic E-state index is 10.6. The molecular formula is C88H176O20. The molecule has 0 aromatic heterocycles. The second-order valence-corrected chi connectivity index (χ2v) is 44.3. The molecule has 16 unspecified atom stereocenters. The standard InChI is InChI=1S/C12H20O6.C12H20O4.2C6H10O3.2C6H10O2.8C5H12/c13-7-3-1-5-11(15)9(7)18-12(16)6-2-4-8(14)10(12)17-11;13-11-7-3-1-5-9(11)15-12(14)8-4-2-6-10(12)16-11;2*7-4-2-1-3-5(8)6(4)9;2*7-5-3-1-2-4-6(5)8;8*1-5(2,3)4/h7-10,13-16H,1-6H2;9-10,13-14H,1-8H2;2*4-5,7-8H,1-3H2;2*5,7H,1-4H2;8*1-4H3. The van der Waals surface area contributed by atoms with Crippen LogP contribution in [0.3, 0.4) is 0 Å². The molecule has 0 radical (unpaired) electrons. The molecule has 20 heteroatoms. The van der Waals surface area contributed by atoms with E-state index in [0.29, 0.717) is 146 Å². The van der Waals surface area contributed by atoms with E-state index < -0.39 is 95.8 Å². The molecule has 2 saturated heterocycles. The van der Waals surface area contributed by atoms with Crippen molar-refractivity contribution in [3.8, 4) is 0 Å². The number of carbonyl (C=O) groups is 4. The average Bonchev–Trinajstić information content (AvgIpc) is 0.736. The fraction of sp³-hybridized carbons (Fsp3) is 0.955. The lowest BCUT2D eigenvalue weighted by Crippen LogP contribution is -2.71. The Morgan fingerprint density at radius 2 is 0.435 bits per heavy atom. The van der Waals surface area contributed by atoms with Crippen LogP contribution in [0.15, 0.2) is 0 Å². The number of fused-ring (bicyclic) bond motifs is 4. The molecule has 648 valence electrons. The van der Waals surface area contributed by atoms with Gasteiger partial charge in [0, 0.05) is 38.5 Å². The van der Waals surface area contributed by atoms with Crippen molar-refractivity contribution in [3.05, 3.63) is 0 Å². The van der Waals surface area contributed by atoms with E-state index in [0.717, 1.165) is 77.0 Å². The summed E-state index contributed by atoms with van der Waals surface area (Å²) in [6, 6.07) is 0. The Morgan fingerprint density at radius 3 is 0.620 bits per heavy atom. The van der Waals surface area contributed by atoms with Crippen molar-refractivity contribution in [2.24, 2.45) is 43.3 Å². The molecule has 8 saturated carbocycles. The second-order valence-electron chi connectivity index (χ2n) is 44.3. The Hall–Kier alpha value is -1.96. The summed E-state index contributed by atoms with van der Waals surface area (Å²) in [6.45, 7) is 70.0. The zero-order valence-corrected chi connectivity index (χ0v) is 75.4. The first-order valence-corrected chi connectivity index (χ1v) is 41.3. The number of hydrogen-bond acceptors (Lipinski definition) is 20. The maximum Gasteiger partial charge on any atom is 0.195 e. The van der Waals surface area contributed by atoms with Gasteiger partial charge in [0.2, 0.25) is 0 Å². The lowest BCUT2D eigenvalue weighted by Gasteiger charge is -2.56. The van der Waals surface area contributed by atoms with Crippen molar-refractivity contribution in [2.75, 3.05) is 0 Å². The van der Waals surface area contributed by atoms with Crippen LogP contribution in [-0.4, -0.2) is 181 Å². The Balaban J connectivity index is -0.000000557. The Labute approximate surface area is 660 Å². The first-order valence-electron chi connectivity index (χ1n) is 41.3. The fourth-order valence-corrected chi connectivity index (χ4v) is 10.6. The van der Waals surface area contributed by atoms with Crippen LogP contribution in [0, 0.1) is 43.3 Å². The summed E-state index contributed by atoms with van der Waals surface area (Å²) in [6.07, 6.45) is 10.6. The molecule has 0 bridgehead atoms. The van der Waals surface area contributed by atoms with E-state index in [2.05, 4.69) is 222 Å². The molecule has 2 aliphatic heterocycles. The molecule has 8 aliphatic carbocycles. The van der Waals surface area contributed by atoms with Crippen LogP contribution in [0.1, 0.15) is 401 Å². The molecule has 10 fully saturated rings. The monoisotopic (exact) mass is 1550 g/mol. The third-order valence-corrected chi connectivity index (χ3v) is 14.8. The van der Waals surface area contributed by atoms with Gasteiger partial charge in [0.1, 0.15) is 61.0 Å². The highest BCUT2D eigenvalue weighted by Crippen LogP contribution is 2.48. The first-order chi connectivity index (χ1) is 48.1. The number of ketones is 4. The maximum atomic E-state index is 10.6. The molecule has 16 atom stereocenters. The third-order valence-electron chi connectivity index (χ3n) is 14.8. The summed E-state index contributed by atoms with van der Waals surface area (Å²) in [5.41, 5.74) is 4.00. The third kappa shape index (κ3) is 65.3. The van der Waals surface area contributed by atoms with Crippen molar-refractivity contribution >= 4 is 23.1 Å². The quantitative estimate of drug-likeness (QED) is 0.107. The Morgan fingerprint density at radius 1 is 0.241 bits per heavy atom. The molecule has 20 nitrogen and oxygen atoms in total. The number of carbonyl (C=O) groups excluding carboxylic acids is 4. The van der Waals surface area contributed by atoms with Gasteiger partial charge in [0.05, 0.1) is 12.2 Å². The van der Waals surface area contributed by atoms with Crippen LogP contribution in [0.25, 0.3) is 0 Å². The smallest absolute Gasteiger partial charge is 0.195 e. The summed E-state index contributed by atoms with van der Waals surface area (Å²) in [4.78, 5) is 42.3. The van der Waals surface area contributed by atoms with E-state index in [1.54, 1.807) is 0 Å². The molecule has 0 amide bonds.